The third kappa shape index (κ3) is 3.99. The lowest BCUT2D eigenvalue weighted by Gasteiger charge is -2.06. The first kappa shape index (κ1) is 13.4. The molecule has 0 aliphatic rings. The molecule has 0 bridgehead atoms. The third-order valence-electron chi connectivity index (χ3n) is 2.08. The minimum absolute atomic E-state index is 0.0392. The van der Waals surface area contributed by atoms with Crippen molar-refractivity contribution in [3.8, 4) is 0 Å². The average molecular weight is 255 g/mol. The van der Waals surface area contributed by atoms with Crippen LogP contribution in [0.25, 0.3) is 0 Å². The number of rotatable bonds is 5. The zero-order chi connectivity index (χ0) is 12.8. The number of nitrogens with one attached hydrogen (secondary N) is 1. The van der Waals surface area contributed by atoms with Gasteiger partial charge in [-0.3, -0.25) is 9.00 Å². The second-order valence-electron chi connectivity index (χ2n) is 3.38. The van der Waals surface area contributed by atoms with Crippen molar-refractivity contribution in [3.63, 3.8) is 0 Å². The summed E-state index contributed by atoms with van der Waals surface area (Å²) in [6.07, 6.45) is 1.54. The molecule has 0 aromatic heterocycles. The maximum Gasteiger partial charge on any atom is 0.336 e. The van der Waals surface area contributed by atoms with E-state index >= 15 is 0 Å². The summed E-state index contributed by atoms with van der Waals surface area (Å²) in [6.45, 7) is 0.260. The molecular weight excluding hydrogens is 242 g/mol. The second kappa shape index (κ2) is 6.15. The molecule has 17 heavy (non-hydrogen) atoms. The van der Waals surface area contributed by atoms with Crippen LogP contribution in [0.3, 0.4) is 0 Å². The van der Waals surface area contributed by atoms with Gasteiger partial charge in [-0.25, -0.2) is 4.79 Å². The Morgan fingerprint density at radius 1 is 1.29 bits per heavy atom. The largest absolute Gasteiger partial charge is 0.478 e. The lowest BCUT2D eigenvalue weighted by molar-refractivity contribution is 0.0691. The summed E-state index contributed by atoms with van der Waals surface area (Å²) in [7, 11) is -0.984. The van der Waals surface area contributed by atoms with Crippen LogP contribution in [0.4, 0.5) is 0 Å². The highest BCUT2D eigenvalue weighted by Gasteiger charge is 2.14. The van der Waals surface area contributed by atoms with Crippen LogP contribution in [0.15, 0.2) is 24.3 Å². The topological polar surface area (TPSA) is 83.5 Å². The maximum absolute atomic E-state index is 11.7. The molecule has 0 aliphatic carbocycles. The Balaban J connectivity index is 2.75. The van der Waals surface area contributed by atoms with Gasteiger partial charge in [0.1, 0.15) is 0 Å². The zero-order valence-electron chi connectivity index (χ0n) is 9.30. The predicted molar refractivity (Wildman–Crippen MR) is 64.7 cm³/mol. The lowest BCUT2D eigenvalue weighted by atomic mass is 10.1. The molecule has 1 atom stereocenters. The van der Waals surface area contributed by atoms with Crippen molar-refractivity contribution in [1.82, 2.24) is 5.32 Å². The molecule has 5 nitrogen and oxygen atoms in total. The average Bonchev–Trinajstić information content (AvgIpc) is 2.28. The van der Waals surface area contributed by atoms with E-state index in [2.05, 4.69) is 5.32 Å². The molecule has 1 amide bonds. The van der Waals surface area contributed by atoms with Crippen LogP contribution in [-0.2, 0) is 10.8 Å². The fourth-order valence-electron chi connectivity index (χ4n) is 1.27. The van der Waals surface area contributed by atoms with E-state index in [-0.39, 0.29) is 17.7 Å². The predicted octanol–water partition coefficient (Wildman–Crippen LogP) is 0.493. The Hall–Kier alpha value is -1.69. The van der Waals surface area contributed by atoms with Crippen molar-refractivity contribution >= 4 is 22.7 Å². The van der Waals surface area contributed by atoms with E-state index in [0.29, 0.717) is 5.75 Å². The summed E-state index contributed by atoms with van der Waals surface area (Å²) < 4.78 is 10.8. The maximum atomic E-state index is 11.7. The summed E-state index contributed by atoms with van der Waals surface area (Å²) in [5.74, 6) is -1.26. The smallest absolute Gasteiger partial charge is 0.336 e. The Labute approximate surface area is 101 Å². The highest BCUT2D eigenvalue weighted by atomic mass is 32.2. The Morgan fingerprint density at radius 3 is 2.41 bits per heavy atom. The van der Waals surface area contributed by atoms with Gasteiger partial charge in [0.2, 0.25) is 0 Å². The zero-order valence-corrected chi connectivity index (χ0v) is 10.1. The van der Waals surface area contributed by atoms with Gasteiger partial charge in [0.05, 0.1) is 11.1 Å². The monoisotopic (exact) mass is 255 g/mol. The fourth-order valence-corrected chi connectivity index (χ4v) is 1.66. The van der Waals surface area contributed by atoms with Gasteiger partial charge in [-0.1, -0.05) is 12.1 Å². The van der Waals surface area contributed by atoms with Crippen molar-refractivity contribution in [2.45, 2.75) is 0 Å². The van der Waals surface area contributed by atoms with Gasteiger partial charge in [0.15, 0.2) is 0 Å². The number of hydrogen-bond acceptors (Lipinski definition) is 3. The molecule has 0 heterocycles. The molecule has 1 unspecified atom stereocenters. The molecule has 1 rings (SSSR count). The first-order valence-electron chi connectivity index (χ1n) is 4.93. The first-order chi connectivity index (χ1) is 8.02. The summed E-state index contributed by atoms with van der Waals surface area (Å²) in [6, 6.07) is 5.97. The summed E-state index contributed by atoms with van der Waals surface area (Å²) in [4.78, 5) is 22.6. The van der Waals surface area contributed by atoms with E-state index in [9.17, 15) is 13.8 Å². The second-order valence-corrected chi connectivity index (χ2v) is 4.94. The Morgan fingerprint density at radius 2 is 1.88 bits per heavy atom. The highest BCUT2D eigenvalue weighted by molar-refractivity contribution is 7.84. The molecule has 0 aliphatic heterocycles. The number of carbonyl (C=O) groups excluding carboxylic acids is 1. The summed E-state index contributed by atoms with van der Waals surface area (Å²) >= 11 is 0. The Bertz CT molecular complexity index is 459. The van der Waals surface area contributed by atoms with Gasteiger partial charge < -0.3 is 10.4 Å². The van der Waals surface area contributed by atoms with E-state index in [0.717, 1.165) is 0 Å². The first-order valence-corrected chi connectivity index (χ1v) is 6.65. The van der Waals surface area contributed by atoms with Gasteiger partial charge in [-0.15, -0.1) is 0 Å². The van der Waals surface area contributed by atoms with Crippen LogP contribution in [0.5, 0.6) is 0 Å². The number of amides is 1. The van der Waals surface area contributed by atoms with Crippen LogP contribution < -0.4 is 5.32 Å². The summed E-state index contributed by atoms with van der Waals surface area (Å²) in [5.41, 5.74) is 0.0736. The SMILES string of the molecule is CS(=O)CCNC(=O)c1ccccc1C(=O)O. The molecule has 6 heteroatoms. The van der Waals surface area contributed by atoms with Crippen molar-refractivity contribution in [1.29, 1.82) is 0 Å². The van der Waals surface area contributed by atoms with Crippen LogP contribution in [-0.4, -0.2) is 39.7 Å². The normalized spacial score (nSPS) is 11.8. The van der Waals surface area contributed by atoms with E-state index < -0.39 is 22.7 Å². The molecule has 0 spiro atoms. The molecule has 0 radical (unpaired) electrons. The van der Waals surface area contributed by atoms with Crippen LogP contribution in [0.2, 0.25) is 0 Å². The van der Waals surface area contributed by atoms with Gasteiger partial charge >= 0.3 is 5.97 Å². The van der Waals surface area contributed by atoms with Gasteiger partial charge in [-0.2, -0.15) is 0 Å². The summed E-state index contributed by atoms with van der Waals surface area (Å²) in [5, 5.41) is 11.4. The number of aromatic carboxylic acids is 1. The van der Waals surface area contributed by atoms with Crippen LogP contribution in [0, 0.1) is 0 Å². The molecule has 0 saturated carbocycles. The van der Waals surface area contributed by atoms with E-state index in [1.165, 1.54) is 18.4 Å². The fraction of sp³-hybridized carbons (Fsp3) is 0.273. The van der Waals surface area contributed by atoms with Crippen molar-refractivity contribution < 1.29 is 18.9 Å². The number of benzene rings is 1. The molecule has 1 aromatic carbocycles. The molecule has 92 valence electrons. The van der Waals surface area contributed by atoms with Gasteiger partial charge in [0.25, 0.3) is 5.91 Å². The molecule has 1 aromatic rings. The van der Waals surface area contributed by atoms with Crippen molar-refractivity contribution in [3.05, 3.63) is 35.4 Å². The minimum Gasteiger partial charge on any atom is -0.478 e. The quantitative estimate of drug-likeness (QED) is 0.802. The number of carboxylic acid groups (broad SMARTS) is 1. The molecule has 0 saturated heterocycles. The van der Waals surface area contributed by atoms with E-state index in [4.69, 9.17) is 5.11 Å². The van der Waals surface area contributed by atoms with Crippen molar-refractivity contribution in [2.75, 3.05) is 18.6 Å². The van der Waals surface area contributed by atoms with Gasteiger partial charge in [-0.05, 0) is 12.1 Å². The standard InChI is InChI=1S/C11H13NO4S/c1-17(16)7-6-12-10(13)8-4-2-3-5-9(8)11(14)15/h2-5H,6-7H2,1H3,(H,12,13)(H,14,15). The Kier molecular flexibility index (Phi) is 4.84. The van der Waals surface area contributed by atoms with Crippen LogP contribution >= 0.6 is 0 Å². The van der Waals surface area contributed by atoms with Gasteiger partial charge in [0, 0.05) is 29.4 Å². The van der Waals surface area contributed by atoms with Crippen LogP contribution in [0.1, 0.15) is 20.7 Å². The number of carboxylic acids is 1. The number of carbonyl (C=O) groups is 2. The minimum atomic E-state index is -1.14. The molecular formula is C11H13NO4S. The highest BCUT2D eigenvalue weighted by Crippen LogP contribution is 2.08. The lowest BCUT2D eigenvalue weighted by Crippen LogP contribution is -2.28. The third-order valence-corrected chi connectivity index (χ3v) is 2.86. The number of hydrogen-bond donors (Lipinski definition) is 2. The molecule has 2 N–H and O–H groups in total. The van der Waals surface area contributed by atoms with E-state index in [1.54, 1.807) is 12.1 Å². The van der Waals surface area contributed by atoms with Crippen molar-refractivity contribution in [2.24, 2.45) is 0 Å². The molecule has 0 fully saturated rings. The van der Waals surface area contributed by atoms with E-state index in [1.807, 2.05) is 0 Å².